The summed E-state index contributed by atoms with van der Waals surface area (Å²) in [6, 6.07) is 13.3. The highest BCUT2D eigenvalue weighted by atomic mass is 79.9. The molecule has 2 aromatic carbocycles. The van der Waals surface area contributed by atoms with Gasteiger partial charge in [-0.2, -0.15) is 0 Å². The number of rotatable bonds is 3. The van der Waals surface area contributed by atoms with Crippen molar-refractivity contribution in [2.24, 2.45) is 0 Å². The van der Waals surface area contributed by atoms with Crippen LogP contribution in [0.2, 0.25) is 0 Å². The molecule has 0 saturated carbocycles. The van der Waals surface area contributed by atoms with E-state index in [9.17, 15) is 9.90 Å². The van der Waals surface area contributed by atoms with Gasteiger partial charge < -0.3 is 5.11 Å². The second-order valence-corrected chi connectivity index (χ2v) is 4.69. The van der Waals surface area contributed by atoms with Gasteiger partial charge >= 0.3 is 5.97 Å². The maximum Gasteiger partial charge on any atom is 0.336 e. The van der Waals surface area contributed by atoms with E-state index in [4.69, 9.17) is 0 Å². The minimum Gasteiger partial charge on any atom is -0.478 e. The van der Waals surface area contributed by atoms with E-state index in [1.807, 2.05) is 43.3 Å². The smallest absolute Gasteiger partial charge is 0.336 e. The predicted octanol–water partition coefficient (Wildman–Crippen LogP) is 4.26. The van der Waals surface area contributed by atoms with Crippen molar-refractivity contribution in [2.45, 2.75) is 12.3 Å². The van der Waals surface area contributed by atoms with Gasteiger partial charge in [0.05, 0.1) is 5.56 Å². The van der Waals surface area contributed by atoms with Crippen LogP contribution in [0, 0.1) is 6.92 Å². The first-order chi connectivity index (χ1) is 8.63. The van der Waals surface area contributed by atoms with E-state index in [0.29, 0.717) is 10.9 Å². The Hall–Kier alpha value is -1.61. The fourth-order valence-corrected chi connectivity index (χ4v) is 2.31. The average molecular weight is 305 g/mol. The molecule has 18 heavy (non-hydrogen) atoms. The molecule has 0 amide bonds. The summed E-state index contributed by atoms with van der Waals surface area (Å²) in [6.45, 7) is 1.99. The molecule has 0 fully saturated rings. The lowest BCUT2D eigenvalue weighted by atomic mass is 9.94. The zero-order valence-corrected chi connectivity index (χ0v) is 11.6. The maximum atomic E-state index is 11.3. The van der Waals surface area contributed by atoms with Crippen LogP contribution in [-0.2, 0) is 5.33 Å². The summed E-state index contributed by atoms with van der Waals surface area (Å²) in [5.74, 6) is -0.894. The van der Waals surface area contributed by atoms with Gasteiger partial charge in [0.1, 0.15) is 0 Å². The van der Waals surface area contributed by atoms with Gasteiger partial charge in [-0.05, 0) is 41.3 Å². The molecule has 0 atom stereocenters. The molecule has 0 aromatic heterocycles. The number of benzene rings is 2. The first-order valence-electron chi connectivity index (χ1n) is 5.61. The number of aromatic carboxylic acids is 1. The summed E-state index contributed by atoms with van der Waals surface area (Å²) in [4.78, 5) is 11.3. The molecule has 0 aliphatic carbocycles. The molecule has 0 bridgehead atoms. The molecular formula is C15H13BrO2. The molecule has 0 saturated heterocycles. The van der Waals surface area contributed by atoms with E-state index in [1.54, 1.807) is 6.07 Å². The Morgan fingerprint density at radius 1 is 1.17 bits per heavy atom. The Morgan fingerprint density at radius 3 is 2.50 bits per heavy atom. The highest BCUT2D eigenvalue weighted by molar-refractivity contribution is 9.08. The summed E-state index contributed by atoms with van der Waals surface area (Å²) in [5, 5.41) is 9.98. The standard InChI is InChI=1S/C15H13BrO2/c1-10-4-2-3-5-12(10)14-8-11(9-16)6-7-13(14)15(17)18/h2-8H,9H2,1H3,(H,17,18). The summed E-state index contributed by atoms with van der Waals surface area (Å²) < 4.78 is 0. The van der Waals surface area contributed by atoms with E-state index < -0.39 is 5.97 Å². The molecule has 0 aliphatic heterocycles. The van der Waals surface area contributed by atoms with E-state index >= 15 is 0 Å². The molecule has 2 nitrogen and oxygen atoms in total. The van der Waals surface area contributed by atoms with Gasteiger partial charge in [-0.25, -0.2) is 4.79 Å². The number of alkyl halides is 1. The molecule has 0 heterocycles. The van der Waals surface area contributed by atoms with Crippen LogP contribution in [0.15, 0.2) is 42.5 Å². The third-order valence-electron chi connectivity index (χ3n) is 2.90. The Kier molecular flexibility index (Phi) is 3.82. The Bertz CT molecular complexity index is 591. The Balaban J connectivity index is 2.68. The number of aryl methyl sites for hydroxylation is 1. The highest BCUT2D eigenvalue weighted by Crippen LogP contribution is 2.28. The molecule has 0 radical (unpaired) electrons. The van der Waals surface area contributed by atoms with Crippen LogP contribution in [0.5, 0.6) is 0 Å². The maximum absolute atomic E-state index is 11.3. The van der Waals surface area contributed by atoms with Crippen molar-refractivity contribution >= 4 is 21.9 Å². The van der Waals surface area contributed by atoms with Gasteiger partial charge in [-0.3, -0.25) is 0 Å². The monoisotopic (exact) mass is 304 g/mol. The average Bonchev–Trinajstić information content (AvgIpc) is 2.38. The molecule has 1 N–H and O–H groups in total. The predicted molar refractivity (Wildman–Crippen MR) is 76.2 cm³/mol. The summed E-state index contributed by atoms with van der Waals surface area (Å²) in [5.41, 5.74) is 4.23. The van der Waals surface area contributed by atoms with Gasteiger partial charge in [0.2, 0.25) is 0 Å². The number of carboxylic acids is 1. The van der Waals surface area contributed by atoms with Gasteiger partial charge in [0, 0.05) is 5.33 Å². The highest BCUT2D eigenvalue weighted by Gasteiger charge is 2.13. The van der Waals surface area contributed by atoms with Crippen LogP contribution in [0.3, 0.4) is 0 Å². The van der Waals surface area contributed by atoms with Crippen molar-refractivity contribution in [1.82, 2.24) is 0 Å². The molecule has 92 valence electrons. The lowest BCUT2D eigenvalue weighted by molar-refractivity contribution is 0.0698. The lowest BCUT2D eigenvalue weighted by Gasteiger charge is -2.10. The molecule has 3 heteroatoms. The summed E-state index contributed by atoms with van der Waals surface area (Å²) >= 11 is 3.40. The van der Waals surface area contributed by atoms with Gasteiger partial charge in [-0.15, -0.1) is 0 Å². The molecule has 0 spiro atoms. The molecular weight excluding hydrogens is 292 g/mol. The number of carboxylic acid groups (broad SMARTS) is 1. The minimum atomic E-state index is -0.894. The van der Waals surface area contributed by atoms with Crippen LogP contribution < -0.4 is 0 Å². The van der Waals surface area contributed by atoms with Gasteiger partial charge in [-0.1, -0.05) is 46.3 Å². The fourth-order valence-electron chi connectivity index (χ4n) is 1.96. The van der Waals surface area contributed by atoms with E-state index in [-0.39, 0.29) is 0 Å². The topological polar surface area (TPSA) is 37.3 Å². The van der Waals surface area contributed by atoms with E-state index in [2.05, 4.69) is 15.9 Å². The summed E-state index contributed by atoms with van der Waals surface area (Å²) in [6.07, 6.45) is 0. The molecule has 2 aromatic rings. The normalized spacial score (nSPS) is 10.3. The van der Waals surface area contributed by atoms with Crippen LogP contribution in [0.4, 0.5) is 0 Å². The molecule has 0 unspecified atom stereocenters. The van der Waals surface area contributed by atoms with Crippen LogP contribution in [0.25, 0.3) is 11.1 Å². The largest absolute Gasteiger partial charge is 0.478 e. The van der Waals surface area contributed by atoms with Crippen molar-refractivity contribution in [3.05, 3.63) is 59.2 Å². The number of hydrogen-bond acceptors (Lipinski definition) is 1. The second kappa shape index (κ2) is 5.36. The number of halogens is 1. The van der Waals surface area contributed by atoms with Crippen molar-refractivity contribution in [3.63, 3.8) is 0 Å². The third kappa shape index (κ3) is 2.46. The lowest BCUT2D eigenvalue weighted by Crippen LogP contribution is -2.01. The molecule has 0 aliphatic rings. The van der Waals surface area contributed by atoms with Crippen molar-refractivity contribution in [2.75, 3.05) is 0 Å². The Labute approximate surface area is 114 Å². The molecule has 2 rings (SSSR count). The van der Waals surface area contributed by atoms with Crippen LogP contribution in [-0.4, -0.2) is 11.1 Å². The Morgan fingerprint density at radius 2 is 1.89 bits per heavy atom. The van der Waals surface area contributed by atoms with Gasteiger partial charge in [0.25, 0.3) is 0 Å². The summed E-state index contributed by atoms with van der Waals surface area (Å²) in [7, 11) is 0. The SMILES string of the molecule is Cc1ccccc1-c1cc(CBr)ccc1C(=O)O. The zero-order valence-electron chi connectivity index (χ0n) is 9.98. The quantitative estimate of drug-likeness (QED) is 0.861. The second-order valence-electron chi connectivity index (χ2n) is 4.13. The first kappa shape index (κ1) is 12.8. The van der Waals surface area contributed by atoms with Crippen molar-refractivity contribution in [3.8, 4) is 11.1 Å². The van der Waals surface area contributed by atoms with Crippen LogP contribution >= 0.6 is 15.9 Å². The zero-order chi connectivity index (χ0) is 13.1. The fraction of sp³-hybridized carbons (Fsp3) is 0.133. The van der Waals surface area contributed by atoms with Crippen molar-refractivity contribution < 1.29 is 9.90 Å². The number of hydrogen-bond donors (Lipinski definition) is 1. The van der Waals surface area contributed by atoms with Crippen molar-refractivity contribution in [1.29, 1.82) is 0 Å². The van der Waals surface area contributed by atoms with Crippen LogP contribution in [0.1, 0.15) is 21.5 Å². The number of carbonyl (C=O) groups is 1. The third-order valence-corrected chi connectivity index (χ3v) is 3.55. The van der Waals surface area contributed by atoms with E-state index in [1.165, 1.54) is 0 Å². The minimum absolute atomic E-state index is 0.342. The van der Waals surface area contributed by atoms with Gasteiger partial charge in [0.15, 0.2) is 0 Å². The first-order valence-corrected chi connectivity index (χ1v) is 6.74. The van der Waals surface area contributed by atoms with E-state index in [0.717, 1.165) is 22.3 Å².